The maximum Gasteiger partial charge on any atom is 0.304 e. The Morgan fingerprint density at radius 2 is 2.28 bits per heavy atom. The summed E-state index contributed by atoms with van der Waals surface area (Å²) in [5.74, 6) is -1.02. The minimum absolute atomic E-state index is 0. The lowest BCUT2D eigenvalue weighted by Crippen LogP contribution is -2.25. The van der Waals surface area contributed by atoms with Crippen LogP contribution in [0.1, 0.15) is 30.0 Å². The van der Waals surface area contributed by atoms with Crippen molar-refractivity contribution in [1.82, 2.24) is 4.90 Å². The number of nitrogens with zero attached hydrogens (tertiary/aromatic N) is 1. The Morgan fingerprint density at radius 3 is 2.94 bits per heavy atom. The molecule has 0 saturated carbocycles. The number of rotatable bonds is 4. The predicted octanol–water partition coefficient (Wildman–Crippen LogP) is 2.64. The van der Waals surface area contributed by atoms with Gasteiger partial charge in [0.1, 0.15) is 5.82 Å². The van der Waals surface area contributed by atoms with Gasteiger partial charge >= 0.3 is 5.97 Å². The Hall–Kier alpha value is -1.13. The van der Waals surface area contributed by atoms with Crippen molar-refractivity contribution in [1.29, 1.82) is 0 Å². The number of hydrogen-bond donors (Lipinski definition) is 1. The number of carboxylic acids is 1. The first kappa shape index (κ1) is 14.9. The van der Waals surface area contributed by atoms with Gasteiger partial charge in [0.15, 0.2) is 0 Å². The summed E-state index contributed by atoms with van der Waals surface area (Å²) >= 11 is 0. The Labute approximate surface area is 112 Å². The number of benzene rings is 1. The molecule has 1 aliphatic rings. The summed E-state index contributed by atoms with van der Waals surface area (Å²) in [6.07, 6.45) is 2.00. The zero-order valence-electron chi connectivity index (χ0n) is 10.2. The van der Waals surface area contributed by atoms with Crippen molar-refractivity contribution in [2.45, 2.75) is 25.3 Å². The SMILES string of the molecule is CN(CCC(=O)O)C1CCc2ccc(F)cc21.Cl. The number of aliphatic carboxylic acids is 1. The lowest BCUT2D eigenvalue weighted by atomic mass is 10.1. The smallest absolute Gasteiger partial charge is 0.304 e. The van der Waals surface area contributed by atoms with Crippen molar-refractivity contribution in [3.63, 3.8) is 0 Å². The molecule has 0 bridgehead atoms. The second kappa shape index (κ2) is 6.16. The van der Waals surface area contributed by atoms with Gasteiger partial charge in [0, 0.05) is 12.6 Å². The van der Waals surface area contributed by atoms with Crippen molar-refractivity contribution in [3.05, 3.63) is 35.1 Å². The fraction of sp³-hybridized carbons (Fsp3) is 0.462. The summed E-state index contributed by atoms with van der Waals surface area (Å²) in [5, 5.41) is 8.66. The van der Waals surface area contributed by atoms with Crippen LogP contribution in [0.25, 0.3) is 0 Å². The quantitative estimate of drug-likeness (QED) is 0.917. The maximum absolute atomic E-state index is 13.2. The molecule has 1 aliphatic carbocycles. The van der Waals surface area contributed by atoms with Gasteiger partial charge in [-0.3, -0.25) is 9.69 Å². The van der Waals surface area contributed by atoms with Crippen molar-refractivity contribution in [3.8, 4) is 0 Å². The summed E-state index contributed by atoms with van der Waals surface area (Å²) in [7, 11) is 1.90. The molecule has 5 heteroatoms. The zero-order chi connectivity index (χ0) is 12.4. The van der Waals surface area contributed by atoms with Gasteiger partial charge in [0.2, 0.25) is 0 Å². The second-order valence-corrected chi connectivity index (χ2v) is 4.52. The van der Waals surface area contributed by atoms with E-state index < -0.39 is 5.97 Å². The van der Waals surface area contributed by atoms with Crippen molar-refractivity contribution >= 4 is 18.4 Å². The van der Waals surface area contributed by atoms with Gasteiger partial charge < -0.3 is 5.11 Å². The van der Waals surface area contributed by atoms with Crippen LogP contribution in [0.3, 0.4) is 0 Å². The third-order valence-electron chi connectivity index (χ3n) is 3.36. The number of carboxylic acid groups (broad SMARTS) is 1. The summed E-state index contributed by atoms with van der Waals surface area (Å²) in [4.78, 5) is 12.5. The Bertz CT molecular complexity index is 439. The Balaban J connectivity index is 0.00000162. The molecule has 1 atom stereocenters. The number of hydrogen-bond acceptors (Lipinski definition) is 2. The van der Waals surface area contributed by atoms with E-state index in [-0.39, 0.29) is 30.7 Å². The molecule has 0 fully saturated rings. The summed E-state index contributed by atoms with van der Waals surface area (Å²) in [6, 6.07) is 5.04. The van der Waals surface area contributed by atoms with Crippen LogP contribution in [-0.4, -0.2) is 29.6 Å². The number of carbonyl (C=O) groups is 1. The average Bonchev–Trinajstić information content (AvgIpc) is 2.68. The highest BCUT2D eigenvalue weighted by Crippen LogP contribution is 2.35. The van der Waals surface area contributed by atoms with Gasteiger partial charge in [0.25, 0.3) is 0 Å². The van der Waals surface area contributed by atoms with Crippen LogP contribution in [0.2, 0.25) is 0 Å². The molecule has 0 heterocycles. The standard InChI is InChI=1S/C13H16FNO2.ClH/c1-15(7-6-13(16)17)12-5-3-9-2-4-10(14)8-11(9)12;/h2,4,8,12H,3,5-7H2,1H3,(H,16,17);1H. The highest BCUT2D eigenvalue weighted by Gasteiger charge is 2.26. The Kier molecular flexibility index (Phi) is 5.11. The molecule has 1 unspecified atom stereocenters. The van der Waals surface area contributed by atoms with Crippen molar-refractivity contribution in [2.24, 2.45) is 0 Å². The molecule has 3 nitrogen and oxygen atoms in total. The van der Waals surface area contributed by atoms with Gasteiger partial charge in [-0.25, -0.2) is 4.39 Å². The first-order valence-corrected chi connectivity index (χ1v) is 5.78. The van der Waals surface area contributed by atoms with Crippen LogP contribution in [0.15, 0.2) is 18.2 Å². The van der Waals surface area contributed by atoms with Crippen LogP contribution < -0.4 is 0 Å². The topological polar surface area (TPSA) is 40.5 Å². The second-order valence-electron chi connectivity index (χ2n) is 4.52. The molecular formula is C13H17ClFNO2. The summed E-state index contributed by atoms with van der Waals surface area (Å²) in [5.41, 5.74) is 2.19. The molecule has 0 saturated heterocycles. The van der Waals surface area contributed by atoms with Crippen LogP contribution >= 0.6 is 12.4 Å². The summed E-state index contributed by atoms with van der Waals surface area (Å²) in [6.45, 7) is 0.496. The third-order valence-corrected chi connectivity index (χ3v) is 3.36. The molecule has 1 aromatic rings. The minimum atomic E-state index is -0.797. The van der Waals surface area contributed by atoms with Gasteiger partial charge in [-0.15, -0.1) is 12.4 Å². The van der Waals surface area contributed by atoms with Crippen LogP contribution in [0.4, 0.5) is 4.39 Å². The average molecular weight is 274 g/mol. The maximum atomic E-state index is 13.2. The largest absolute Gasteiger partial charge is 0.481 e. The zero-order valence-corrected chi connectivity index (χ0v) is 11.0. The van der Waals surface area contributed by atoms with Crippen molar-refractivity contribution in [2.75, 3.05) is 13.6 Å². The molecule has 0 aliphatic heterocycles. The molecule has 0 amide bonds. The fourth-order valence-corrected chi connectivity index (χ4v) is 2.44. The summed E-state index contributed by atoms with van der Waals surface area (Å²) < 4.78 is 13.2. The van der Waals surface area contributed by atoms with Gasteiger partial charge in [0.05, 0.1) is 6.42 Å². The van der Waals surface area contributed by atoms with Gasteiger partial charge in [-0.2, -0.15) is 0 Å². The molecule has 2 rings (SSSR count). The van der Waals surface area contributed by atoms with Crippen molar-refractivity contribution < 1.29 is 14.3 Å². The highest BCUT2D eigenvalue weighted by atomic mass is 35.5. The number of fused-ring (bicyclic) bond motifs is 1. The van der Waals surface area contributed by atoms with Crippen LogP contribution in [-0.2, 0) is 11.2 Å². The van der Waals surface area contributed by atoms with E-state index in [9.17, 15) is 9.18 Å². The molecule has 1 aromatic carbocycles. The highest BCUT2D eigenvalue weighted by molar-refractivity contribution is 5.85. The molecule has 1 N–H and O–H groups in total. The molecule has 100 valence electrons. The van der Waals surface area contributed by atoms with E-state index in [1.807, 2.05) is 18.0 Å². The van der Waals surface area contributed by atoms with E-state index in [4.69, 9.17) is 5.11 Å². The van der Waals surface area contributed by atoms with E-state index in [1.165, 1.54) is 11.6 Å². The molecule has 0 spiro atoms. The van der Waals surface area contributed by atoms with E-state index in [2.05, 4.69) is 0 Å². The van der Waals surface area contributed by atoms with E-state index in [0.29, 0.717) is 6.54 Å². The first-order chi connectivity index (χ1) is 8.08. The number of halogens is 2. The Morgan fingerprint density at radius 1 is 1.56 bits per heavy atom. The normalized spacial score (nSPS) is 17.4. The van der Waals surface area contributed by atoms with E-state index in [0.717, 1.165) is 18.4 Å². The molecule has 0 radical (unpaired) electrons. The fourth-order valence-electron chi connectivity index (χ4n) is 2.44. The lowest BCUT2D eigenvalue weighted by Gasteiger charge is -2.24. The van der Waals surface area contributed by atoms with E-state index >= 15 is 0 Å². The third kappa shape index (κ3) is 3.21. The molecular weight excluding hydrogens is 257 g/mol. The monoisotopic (exact) mass is 273 g/mol. The first-order valence-electron chi connectivity index (χ1n) is 5.78. The van der Waals surface area contributed by atoms with Crippen LogP contribution in [0.5, 0.6) is 0 Å². The van der Waals surface area contributed by atoms with Gasteiger partial charge in [-0.1, -0.05) is 6.07 Å². The van der Waals surface area contributed by atoms with Gasteiger partial charge in [-0.05, 0) is 43.1 Å². The molecule has 18 heavy (non-hydrogen) atoms. The molecule has 0 aromatic heterocycles. The lowest BCUT2D eigenvalue weighted by molar-refractivity contribution is -0.137. The predicted molar refractivity (Wildman–Crippen MR) is 69.6 cm³/mol. The minimum Gasteiger partial charge on any atom is -0.481 e. The van der Waals surface area contributed by atoms with E-state index in [1.54, 1.807) is 6.07 Å². The van der Waals surface area contributed by atoms with Crippen LogP contribution in [0, 0.1) is 5.82 Å². The number of aryl methyl sites for hydroxylation is 1.